The molecule has 0 aliphatic carbocycles. The van der Waals surface area contributed by atoms with Crippen molar-refractivity contribution < 1.29 is 15.0 Å². The van der Waals surface area contributed by atoms with Gasteiger partial charge in [-0.15, -0.1) is 0 Å². The van der Waals surface area contributed by atoms with Crippen molar-refractivity contribution in [2.45, 2.75) is 25.3 Å². The molecule has 2 aromatic rings. The monoisotopic (exact) mass is 297 g/mol. The van der Waals surface area contributed by atoms with E-state index in [1.165, 1.54) is 23.8 Å². The molecule has 1 aliphatic heterocycles. The van der Waals surface area contributed by atoms with E-state index in [9.17, 15) is 15.0 Å². The lowest BCUT2D eigenvalue weighted by Crippen LogP contribution is -2.35. The summed E-state index contributed by atoms with van der Waals surface area (Å²) in [6, 6.07) is 14.3. The molecule has 4 heteroatoms. The lowest BCUT2D eigenvalue weighted by atomic mass is 9.93. The third-order valence-corrected chi connectivity index (χ3v) is 4.39. The molecule has 2 atom stereocenters. The van der Waals surface area contributed by atoms with E-state index < -0.39 is 0 Å². The second kappa shape index (κ2) is 5.72. The first kappa shape index (κ1) is 14.4. The van der Waals surface area contributed by atoms with Gasteiger partial charge in [0.2, 0.25) is 0 Å². The van der Waals surface area contributed by atoms with E-state index in [2.05, 4.69) is 12.1 Å². The Morgan fingerprint density at radius 1 is 1.09 bits per heavy atom. The van der Waals surface area contributed by atoms with Crippen molar-refractivity contribution in [1.82, 2.24) is 4.90 Å². The van der Waals surface area contributed by atoms with Crippen LogP contribution >= 0.6 is 0 Å². The zero-order chi connectivity index (χ0) is 15.7. The Bertz CT molecular complexity index is 664. The largest absolute Gasteiger partial charge is 0.508 e. The van der Waals surface area contributed by atoms with Crippen LogP contribution in [0, 0.1) is 0 Å². The number of phenolic OH excluding ortho intramolecular Hbond substituents is 2. The highest BCUT2D eigenvalue weighted by atomic mass is 16.3. The Kier molecular flexibility index (Phi) is 3.75. The van der Waals surface area contributed by atoms with Gasteiger partial charge < -0.3 is 15.1 Å². The standard InChI is InChI=1S/C18H19NO3/c1-12-17(13-5-3-2-4-6-13)7-8-19(12)18(22)14-9-15(20)11-16(21)10-14/h2-6,9-12,17,20-21H,7-8H2,1H3/t12-,17+/m1/s1. The second-order valence-electron chi connectivity index (χ2n) is 5.78. The topological polar surface area (TPSA) is 60.8 Å². The fourth-order valence-electron chi connectivity index (χ4n) is 3.26. The molecule has 0 bridgehead atoms. The van der Waals surface area contributed by atoms with Crippen molar-refractivity contribution >= 4 is 5.91 Å². The first-order chi connectivity index (χ1) is 10.6. The summed E-state index contributed by atoms with van der Waals surface area (Å²) in [7, 11) is 0. The van der Waals surface area contributed by atoms with Crippen LogP contribution in [0.5, 0.6) is 11.5 Å². The number of phenols is 2. The van der Waals surface area contributed by atoms with Gasteiger partial charge in [0.25, 0.3) is 5.91 Å². The van der Waals surface area contributed by atoms with Crippen LogP contribution in [0.25, 0.3) is 0 Å². The number of carbonyl (C=O) groups excluding carboxylic acids is 1. The zero-order valence-electron chi connectivity index (χ0n) is 12.4. The molecule has 114 valence electrons. The van der Waals surface area contributed by atoms with Gasteiger partial charge in [-0.25, -0.2) is 0 Å². The summed E-state index contributed by atoms with van der Waals surface area (Å²) in [6.45, 7) is 2.72. The minimum atomic E-state index is -0.155. The van der Waals surface area contributed by atoms with E-state index in [0.717, 1.165) is 6.42 Å². The molecule has 1 fully saturated rings. The summed E-state index contributed by atoms with van der Waals surface area (Å²) in [5.74, 6) is -0.0437. The van der Waals surface area contributed by atoms with Crippen molar-refractivity contribution in [3.05, 3.63) is 59.7 Å². The second-order valence-corrected chi connectivity index (χ2v) is 5.78. The minimum absolute atomic E-state index is 0.0828. The van der Waals surface area contributed by atoms with Gasteiger partial charge >= 0.3 is 0 Å². The van der Waals surface area contributed by atoms with Gasteiger partial charge in [0, 0.05) is 30.1 Å². The first-order valence-corrected chi connectivity index (χ1v) is 7.45. The minimum Gasteiger partial charge on any atom is -0.508 e. The number of hydrogen-bond acceptors (Lipinski definition) is 3. The lowest BCUT2D eigenvalue weighted by molar-refractivity contribution is 0.0741. The quantitative estimate of drug-likeness (QED) is 0.895. The van der Waals surface area contributed by atoms with Crippen LogP contribution in [-0.4, -0.2) is 33.6 Å². The number of nitrogens with zero attached hydrogens (tertiary/aromatic N) is 1. The summed E-state index contributed by atoms with van der Waals surface area (Å²) in [5.41, 5.74) is 1.56. The molecule has 3 rings (SSSR count). The van der Waals surface area contributed by atoms with Crippen molar-refractivity contribution in [2.24, 2.45) is 0 Å². The molecule has 22 heavy (non-hydrogen) atoms. The van der Waals surface area contributed by atoms with Crippen LogP contribution in [0.3, 0.4) is 0 Å². The Labute approximate surface area is 129 Å². The summed E-state index contributed by atoms with van der Waals surface area (Å²) in [5, 5.41) is 19.1. The van der Waals surface area contributed by atoms with E-state index in [1.54, 1.807) is 0 Å². The van der Waals surface area contributed by atoms with Crippen molar-refractivity contribution in [3.8, 4) is 11.5 Å². The third-order valence-electron chi connectivity index (χ3n) is 4.39. The van der Waals surface area contributed by atoms with Crippen LogP contribution in [0.15, 0.2) is 48.5 Å². The number of carbonyl (C=O) groups is 1. The third kappa shape index (κ3) is 2.64. The Morgan fingerprint density at radius 2 is 1.73 bits per heavy atom. The fourth-order valence-corrected chi connectivity index (χ4v) is 3.26. The Balaban J connectivity index is 1.83. The van der Waals surface area contributed by atoms with E-state index in [-0.39, 0.29) is 23.4 Å². The van der Waals surface area contributed by atoms with E-state index in [1.807, 2.05) is 30.0 Å². The number of likely N-dealkylation sites (tertiary alicyclic amines) is 1. The van der Waals surface area contributed by atoms with Crippen LogP contribution < -0.4 is 0 Å². The SMILES string of the molecule is C[C@@H]1[C@@H](c2ccccc2)CCN1C(=O)c1cc(O)cc(O)c1. The highest BCUT2D eigenvalue weighted by Gasteiger charge is 2.35. The van der Waals surface area contributed by atoms with Crippen LogP contribution in [-0.2, 0) is 0 Å². The van der Waals surface area contributed by atoms with Gasteiger partial charge in [0.1, 0.15) is 11.5 Å². The van der Waals surface area contributed by atoms with Gasteiger partial charge in [-0.2, -0.15) is 0 Å². The summed E-state index contributed by atoms with van der Waals surface area (Å²) in [4.78, 5) is 14.5. The molecule has 1 aliphatic rings. The number of rotatable bonds is 2. The van der Waals surface area contributed by atoms with E-state index in [4.69, 9.17) is 0 Å². The number of amides is 1. The Morgan fingerprint density at radius 3 is 2.36 bits per heavy atom. The zero-order valence-corrected chi connectivity index (χ0v) is 12.4. The van der Waals surface area contributed by atoms with Crippen LogP contribution in [0.1, 0.15) is 35.2 Å². The maximum atomic E-state index is 12.6. The molecule has 0 aromatic heterocycles. The van der Waals surface area contributed by atoms with Crippen molar-refractivity contribution in [3.63, 3.8) is 0 Å². The molecule has 2 N–H and O–H groups in total. The highest BCUT2D eigenvalue weighted by molar-refractivity contribution is 5.95. The average molecular weight is 297 g/mol. The predicted molar refractivity (Wildman–Crippen MR) is 84.1 cm³/mol. The highest BCUT2D eigenvalue weighted by Crippen LogP contribution is 2.34. The van der Waals surface area contributed by atoms with Gasteiger partial charge in [-0.1, -0.05) is 30.3 Å². The molecule has 1 amide bonds. The molecule has 1 saturated heterocycles. The van der Waals surface area contributed by atoms with Gasteiger partial charge in [0.05, 0.1) is 0 Å². The smallest absolute Gasteiger partial charge is 0.254 e. The Hall–Kier alpha value is -2.49. The number of aromatic hydroxyl groups is 2. The molecular weight excluding hydrogens is 278 g/mol. The summed E-state index contributed by atoms with van der Waals surface area (Å²) >= 11 is 0. The predicted octanol–water partition coefficient (Wildman–Crippen LogP) is 3.12. The molecule has 2 aromatic carbocycles. The summed E-state index contributed by atoms with van der Waals surface area (Å²) < 4.78 is 0. The molecule has 0 radical (unpaired) electrons. The maximum Gasteiger partial charge on any atom is 0.254 e. The first-order valence-electron chi connectivity index (χ1n) is 7.45. The van der Waals surface area contributed by atoms with Gasteiger partial charge in [0.15, 0.2) is 0 Å². The molecule has 0 spiro atoms. The van der Waals surface area contributed by atoms with Crippen LogP contribution in [0.4, 0.5) is 0 Å². The summed E-state index contributed by atoms with van der Waals surface area (Å²) in [6.07, 6.45) is 0.918. The average Bonchev–Trinajstić information content (AvgIpc) is 2.88. The molecule has 0 saturated carbocycles. The van der Waals surface area contributed by atoms with Gasteiger partial charge in [-0.3, -0.25) is 4.79 Å². The molecular formula is C18H19NO3. The fraction of sp³-hybridized carbons (Fsp3) is 0.278. The number of benzene rings is 2. The van der Waals surface area contributed by atoms with E-state index in [0.29, 0.717) is 18.0 Å². The van der Waals surface area contributed by atoms with Crippen LogP contribution in [0.2, 0.25) is 0 Å². The molecule has 0 unspecified atom stereocenters. The van der Waals surface area contributed by atoms with Gasteiger partial charge in [-0.05, 0) is 31.0 Å². The number of hydrogen-bond donors (Lipinski definition) is 2. The molecule has 4 nitrogen and oxygen atoms in total. The van der Waals surface area contributed by atoms with E-state index >= 15 is 0 Å². The van der Waals surface area contributed by atoms with Crippen molar-refractivity contribution in [1.29, 1.82) is 0 Å². The lowest BCUT2D eigenvalue weighted by Gasteiger charge is -2.25. The molecule has 1 heterocycles. The normalized spacial score (nSPS) is 21.0. The maximum absolute atomic E-state index is 12.6. The van der Waals surface area contributed by atoms with Crippen molar-refractivity contribution in [2.75, 3.05) is 6.54 Å².